The Morgan fingerprint density at radius 1 is 1.46 bits per heavy atom. The number of fused-ring (bicyclic) bond motifs is 1. The van der Waals surface area contributed by atoms with Gasteiger partial charge in [0.1, 0.15) is 5.82 Å². The molecule has 0 saturated heterocycles. The van der Waals surface area contributed by atoms with Crippen LogP contribution in [0, 0.1) is 12.7 Å². The summed E-state index contributed by atoms with van der Waals surface area (Å²) in [7, 11) is 1.81. The number of benzene rings is 1. The van der Waals surface area contributed by atoms with E-state index in [0.717, 1.165) is 16.6 Å². The lowest BCUT2D eigenvalue weighted by atomic mass is 10.2. The van der Waals surface area contributed by atoms with Gasteiger partial charge in [-0.2, -0.15) is 5.10 Å². The molecule has 1 aromatic heterocycles. The third kappa shape index (κ3) is 1.16. The Hall–Kier alpha value is -0.900. The van der Waals surface area contributed by atoms with E-state index in [0.29, 0.717) is 4.47 Å². The minimum absolute atomic E-state index is 0.254. The number of hydrogen-bond acceptors (Lipinski definition) is 1. The third-order valence-electron chi connectivity index (χ3n) is 2.08. The van der Waals surface area contributed by atoms with Gasteiger partial charge in [-0.25, -0.2) is 4.39 Å². The van der Waals surface area contributed by atoms with Crippen molar-refractivity contribution in [2.75, 3.05) is 0 Å². The molecule has 68 valence electrons. The van der Waals surface area contributed by atoms with Crippen molar-refractivity contribution in [1.82, 2.24) is 9.78 Å². The average Bonchev–Trinajstić information content (AvgIpc) is 2.35. The van der Waals surface area contributed by atoms with Crippen molar-refractivity contribution < 1.29 is 4.39 Å². The first kappa shape index (κ1) is 8.69. The summed E-state index contributed by atoms with van der Waals surface area (Å²) in [4.78, 5) is 0. The largest absolute Gasteiger partial charge is 0.266 e. The zero-order valence-corrected chi connectivity index (χ0v) is 8.89. The predicted molar refractivity (Wildman–Crippen MR) is 53.1 cm³/mol. The van der Waals surface area contributed by atoms with Crippen molar-refractivity contribution in [2.45, 2.75) is 6.92 Å². The highest BCUT2D eigenvalue weighted by molar-refractivity contribution is 9.10. The summed E-state index contributed by atoms with van der Waals surface area (Å²) in [6.45, 7) is 1.91. The molecule has 0 amide bonds. The number of halogens is 2. The van der Waals surface area contributed by atoms with Crippen LogP contribution in [0.2, 0.25) is 0 Å². The van der Waals surface area contributed by atoms with Crippen molar-refractivity contribution in [3.8, 4) is 0 Å². The molecule has 0 unspecified atom stereocenters. The van der Waals surface area contributed by atoms with Crippen molar-refractivity contribution in [3.05, 3.63) is 28.1 Å². The summed E-state index contributed by atoms with van der Waals surface area (Å²) in [5.41, 5.74) is 1.72. The lowest BCUT2D eigenvalue weighted by Gasteiger charge is -1.98. The molecule has 2 rings (SSSR count). The van der Waals surface area contributed by atoms with Crippen LogP contribution in [-0.4, -0.2) is 9.78 Å². The van der Waals surface area contributed by atoms with Gasteiger partial charge in [-0.05, 0) is 35.0 Å². The highest BCUT2D eigenvalue weighted by atomic mass is 79.9. The van der Waals surface area contributed by atoms with Crippen LogP contribution in [0.1, 0.15) is 5.69 Å². The van der Waals surface area contributed by atoms with E-state index in [9.17, 15) is 4.39 Å². The Kier molecular flexibility index (Phi) is 1.87. The van der Waals surface area contributed by atoms with Gasteiger partial charge in [0.15, 0.2) is 0 Å². The van der Waals surface area contributed by atoms with Crippen LogP contribution >= 0.6 is 15.9 Å². The molecule has 0 bridgehead atoms. The summed E-state index contributed by atoms with van der Waals surface area (Å²) in [6, 6.07) is 3.19. The van der Waals surface area contributed by atoms with E-state index in [1.165, 1.54) is 6.07 Å². The molecule has 0 aliphatic heterocycles. The van der Waals surface area contributed by atoms with E-state index in [2.05, 4.69) is 21.0 Å². The van der Waals surface area contributed by atoms with Crippen LogP contribution in [0.25, 0.3) is 10.9 Å². The van der Waals surface area contributed by atoms with Crippen molar-refractivity contribution in [1.29, 1.82) is 0 Å². The van der Waals surface area contributed by atoms with Gasteiger partial charge in [0.05, 0.1) is 15.7 Å². The molecule has 0 atom stereocenters. The van der Waals surface area contributed by atoms with Gasteiger partial charge in [0, 0.05) is 12.4 Å². The summed E-state index contributed by atoms with van der Waals surface area (Å²) < 4.78 is 15.3. The monoisotopic (exact) mass is 242 g/mol. The first-order valence-electron chi connectivity index (χ1n) is 3.88. The second kappa shape index (κ2) is 2.80. The minimum atomic E-state index is -0.254. The van der Waals surface area contributed by atoms with E-state index < -0.39 is 0 Å². The van der Waals surface area contributed by atoms with Gasteiger partial charge in [0.2, 0.25) is 0 Å². The molecule has 13 heavy (non-hydrogen) atoms. The Balaban J connectivity index is 2.98. The maximum atomic E-state index is 13.1. The van der Waals surface area contributed by atoms with E-state index in [-0.39, 0.29) is 5.82 Å². The molecule has 0 aliphatic carbocycles. The van der Waals surface area contributed by atoms with Crippen LogP contribution in [0.15, 0.2) is 16.6 Å². The molecule has 0 spiro atoms. The van der Waals surface area contributed by atoms with Crippen molar-refractivity contribution >= 4 is 26.8 Å². The number of nitrogens with zero attached hydrogens (tertiary/aromatic N) is 2. The normalized spacial score (nSPS) is 11.1. The first-order chi connectivity index (χ1) is 6.11. The second-order valence-electron chi connectivity index (χ2n) is 2.97. The van der Waals surface area contributed by atoms with Crippen molar-refractivity contribution in [3.63, 3.8) is 0 Å². The third-order valence-corrected chi connectivity index (χ3v) is 2.84. The lowest BCUT2D eigenvalue weighted by Crippen LogP contribution is -1.91. The topological polar surface area (TPSA) is 17.8 Å². The van der Waals surface area contributed by atoms with Crippen LogP contribution < -0.4 is 0 Å². The van der Waals surface area contributed by atoms with Gasteiger partial charge in [-0.15, -0.1) is 0 Å². The molecule has 4 heteroatoms. The molecule has 0 N–H and O–H groups in total. The molecule has 0 saturated carbocycles. The maximum absolute atomic E-state index is 13.1. The Labute approximate surface area is 83.5 Å². The number of aryl methyl sites for hydroxylation is 2. The predicted octanol–water partition coefficient (Wildman–Crippen LogP) is 2.78. The van der Waals surface area contributed by atoms with E-state index in [4.69, 9.17) is 0 Å². The van der Waals surface area contributed by atoms with Crippen LogP contribution in [-0.2, 0) is 7.05 Å². The summed E-state index contributed by atoms with van der Waals surface area (Å²) in [5, 5.41) is 5.19. The standard InChI is InChI=1S/C9H8BrFN2/c1-5-6-3-4-7(11)8(10)9(6)13(2)12-5/h3-4H,1-2H3. The summed E-state index contributed by atoms with van der Waals surface area (Å²) >= 11 is 3.21. The highest BCUT2D eigenvalue weighted by Gasteiger charge is 2.10. The zero-order valence-electron chi connectivity index (χ0n) is 7.31. The first-order valence-corrected chi connectivity index (χ1v) is 4.68. The fourth-order valence-corrected chi connectivity index (χ4v) is 2.08. The highest BCUT2D eigenvalue weighted by Crippen LogP contribution is 2.27. The Morgan fingerprint density at radius 2 is 2.15 bits per heavy atom. The average molecular weight is 243 g/mol. The van der Waals surface area contributed by atoms with Crippen molar-refractivity contribution in [2.24, 2.45) is 7.05 Å². The molecular weight excluding hydrogens is 235 g/mol. The van der Waals surface area contributed by atoms with E-state index in [1.54, 1.807) is 17.8 Å². The molecule has 1 heterocycles. The van der Waals surface area contributed by atoms with E-state index in [1.807, 2.05) is 6.92 Å². The van der Waals surface area contributed by atoms with Gasteiger partial charge < -0.3 is 0 Å². The Morgan fingerprint density at radius 3 is 2.85 bits per heavy atom. The molecule has 0 radical (unpaired) electrons. The number of hydrogen-bond donors (Lipinski definition) is 0. The molecule has 0 fully saturated rings. The zero-order chi connectivity index (χ0) is 9.59. The van der Waals surface area contributed by atoms with Crippen LogP contribution in [0.3, 0.4) is 0 Å². The van der Waals surface area contributed by atoms with Gasteiger partial charge in [-0.3, -0.25) is 4.68 Å². The smallest absolute Gasteiger partial charge is 0.139 e. The molecule has 2 nitrogen and oxygen atoms in total. The van der Waals surface area contributed by atoms with Gasteiger partial charge in [0.25, 0.3) is 0 Å². The quantitative estimate of drug-likeness (QED) is 0.695. The number of aromatic nitrogens is 2. The lowest BCUT2D eigenvalue weighted by molar-refractivity contribution is 0.621. The fraction of sp³-hybridized carbons (Fsp3) is 0.222. The fourth-order valence-electron chi connectivity index (χ4n) is 1.48. The maximum Gasteiger partial charge on any atom is 0.139 e. The molecule has 1 aromatic carbocycles. The van der Waals surface area contributed by atoms with Gasteiger partial charge in [-0.1, -0.05) is 0 Å². The molecule has 0 aliphatic rings. The summed E-state index contributed by atoms with van der Waals surface area (Å²) in [6.07, 6.45) is 0. The van der Waals surface area contributed by atoms with Crippen LogP contribution in [0.4, 0.5) is 4.39 Å². The van der Waals surface area contributed by atoms with Gasteiger partial charge >= 0.3 is 0 Å². The minimum Gasteiger partial charge on any atom is -0.266 e. The second-order valence-corrected chi connectivity index (χ2v) is 3.76. The number of rotatable bonds is 0. The molecule has 2 aromatic rings. The van der Waals surface area contributed by atoms with E-state index >= 15 is 0 Å². The van der Waals surface area contributed by atoms with Crippen LogP contribution in [0.5, 0.6) is 0 Å². The molecular formula is C9H8BrFN2. The summed E-state index contributed by atoms with van der Waals surface area (Å²) in [5.74, 6) is -0.254. The Bertz CT molecular complexity index is 476. The SMILES string of the molecule is Cc1nn(C)c2c(Br)c(F)ccc12.